The summed E-state index contributed by atoms with van der Waals surface area (Å²) in [4.78, 5) is 39.7. The van der Waals surface area contributed by atoms with E-state index in [-0.39, 0.29) is 26.1 Å². The van der Waals surface area contributed by atoms with Crippen LogP contribution in [0.15, 0.2) is 60.7 Å². The van der Waals surface area contributed by atoms with E-state index in [2.05, 4.69) is 0 Å². The molecule has 7 heteroatoms. The van der Waals surface area contributed by atoms with Crippen LogP contribution in [0.3, 0.4) is 0 Å². The van der Waals surface area contributed by atoms with E-state index in [0.29, 0.717) is 13.0 Å². The Bertz CT molecular complexity index is 954. The van der Waals surface area contributed by atoms with Crippen molar-refractivity contribution < 1.29 is 28.6 Å². The Morgan fingerprint density at radius 2 is 1.65 bits per heavy atom. The molecule has 34 heavy (non-hydrogen) atoms. The zero-order valence-electron chi connectivity index (χ0n) is 20.1. The number of carbonyl (C=O) groups is 3. The minimum atomic E-state index is -0.755. The van der Waals surface area contributed by atoms with E-state index in [1.165, 1.54) is 4.90 Å². The lowest BCUT2D eigenvalue weighted by atomic mass is 9.98. The summed E-state index contributed by atoms with van der Waals surface area (Å²) in [7, 11) is 0. The summed E-state index contributed by atoms with van der Waals surface area (Å²) in [6.45, 7) is 6.12. The topological polar surface area (TPSA) is 82.1 Å². The molecule has 0 aliphatic carbocycles. The normalized spacial score (nSPS) is 16.7. The molecular formula is C27H33NO6. The molecule has 1 heterocycles. The van der Waals surface area contributed by atoms with Crippen molar-refractivity contribution in [3.05, 3.63) is 71.8 Å². The van der Waals surface area contributed by atoms with Crippen molar-refractivity contribution in [2.24, 2.45) is 5.92 Å². The van der Waals surface area contributed by atoms with Gasteiger partial charge in [-0.15, -0.1) is 0 Å². The molecule has 1 unspecified atom stereocenters. The van der Waals surface area contributed by atoms with Gasteiger partial charge in [0.1, 0.15) is 12.2 Å². The highest BCUT2D eigenvalue weighted by Crippen LogP contribution is 2.24. The molecular weight excluding hydrogens is 434 g/mol. The minimum Gasteiger partial charge on any atom is -0.460 e. The van der Waals surface area contributed by atoms with E-state index in [0.717, 1.165) is 11.1 Å². The summed E-state index contributed by atoms with van der Waals surface area (Å²) in [6.07, 6.45) is -0.0354. The van der Waals surface area contributed by atoms with E-state index in [4.69, 9.17) is 14.2 Å². The molecule has 3 rings (SSSR count). The van der Waals surface area contributed by atoms with Crippen LogP contribution in [0.25, 0.3) is 0 Å². The second-order valence-electron chi connectivity index (χ2n) is 9.44. The molecule has 0 aromatic heterocycles. The van der Waals surface area contributed by atoms with Crippen LogP contribution in [0.4, 0.5) is 4.79 Å². The Morgan fingerprint density at radius 3 is 2.26 bits per heavy atom. The molecule has 1 saturated heterocycles. The van der Waals surface area contributed by atoms with Gasteiger partial charge < -0.3 is 14.2 Å². The van der Waals surface area contributed by atoms with Gasteiger partial charge in [0.15, 0.2) is 0 Å². The Kier molecular flexibility index (Phi) is 8.82. The second kappa shape index (κ2) is 11.8. The molecule has 182 valence electrons. The molecule has 0 bridgehead atoms. The number of amides is 2. The summed E-state index contributed by atoms with van der Waals surface area (Å²) >= 11 is 0. The number of ether oxygens (including phenoxy) is 3. The van der Waals surface area contributed by atoms with E-state index in [1.54, 1.807) is 20.8 Å². The molecule has 1 fully saturated rings. The second-order valence-corrected chi connectivity index (χ2v) is 9.44. The summed E-state index contributed by atoms with van der Waals surface area (Å²) in [5, 5.41) is 0. The highest BCUT2D eigenvalue weighted by Gasteiger charge is 2.41. The quantitative estimate of drug-likeness (QED) is 0.377. The third-order valence-electron chi connectivity index (χ3n) is 5.42. The number of nitrogens with zero attached hydrogens (tertiary/aromatic N) is 1. The molecule has 2 aromatic rings. The van der Waals surface area contributed by atoms with Gasteiger partial charge in [-0.05, 0) is 44.7 Å². The van der Waals surface area contributed by atoms with E-state index in [1.807, 2.05) is 60.7 Å². The fourth-order valence-electron chi connectivity index (χ4n) is 3.85. The summed E-state index contributed by atoms with van der Waals surface area (Å²) in [5.41, 5.74) is 1.35. The number of benzene rings is 2. The maximum Gasteiger partial charge on any atom is 0.416 e. The summed E-state index contributed by atoms with van der Waals surface area (Å²) < 4.78 is 16.4. The van der Waals surface area contributed by atoms with Crippen molar-refractivity contribution in [3.8, 4) is 0 Å². The molecule has 2 amide bonds. The number of cyclic esters (lactones) is 1. The van der Waals surface area contributed by atoms with Crippen LogP contribution in [-0.4, -0.2) is 47.7 Å². The van der Waals surface area contributed by atoms with Crippen LogP contribution in [0, 0.1) is 5.92 Å². The zero-order chi connectivity index (χ0) is 24.6. The van der Waals surface area contributed by atoms with Gasteiger partial charge in [-0.25, -0.2) is 9.69 Å². The number of rotatable bonds is 10. The lowest BCUT2D eigenvalue weighted by Crippen LogP contribution is -2.44. The van der Waals surface area contributed by atoms with Crippen molar-refractivity contribution in [2.45, 2.75) is 58.3 Å². The molecule has 1 aliphatic rings. The van der Waals surface area contributed by atoms with Crippen molar-refractivity contribution >= 4 is 18.0 Å². The lowest BCUT2D eigenvalue weighted by molar-refractivity contribution is -0.158. The maximum atomic E-state index is 13.5. The average Bonchev–Trinajstić information content (AvgIpc) is 3.15. The third-order valence-corrected chi connectivity index (χ3v) is 5.42. The average molecular weight is 468 g/mol. The van der Waals surface area contributed by atoms with Crippen LogP contribution >= 0.6 is 0 Å². The lowest BCUT2D eigenvalue weighted by Gasteiger charge is -2.26. The zero-order valence-corrected chi connectivity index (χ0v) is 20.1. The van der Waals surface area contributed by atoms with E-state index >= 15 is 0 Å². The van der Waals surface area contributed by atoms with Crippen LogP contribution in [0.5, 0.6) is 0 Å². The van der Waals surface area contributed by atoms with Crippen LogP contribution in [0.2, 0.25) is 0 Å². The number of imide groups is 1. The summed E-state index contributed by atoms with van der Waals surface area (Å²) in [6, 6.07) is 18.9. The first-order chi connectivity index (χ1) is 16.2. The SMILES string of the molecule is CC(C)(C)OC(=O)CC(CCOCc1ccccc1)C(=O)N1C(=O)OC[C@@H]1Cc1ccccc1. The molecule has 7 nitrogen and oxygen atoms in total. The summed E-state index contributed by atoms with van der Waals surface area (Å²) in [5.74, 6) is -1.67. The third kappa shape index (κ3) is 7.70. The van der Waals surface area contributed by atoms with Crippen molar-refractivity contribution in [2.75, 3.05) is 13.2 Å². The van der Waals surface area contributed by atoms with Gasteiger partial charge in [-0.2, -0.15) is 0 Å². The maximum absolute atomic E-state index is 13.5. The van der Waals surface area contributed by atoms with Gasteiger partial charge in [-0.1, -0.05) is 60.7 Å². The van der Waals surface area contributed by atoms with Crippen LogP contribution in [-0.2, 0) is 36.8 Å². The molecule has 0 N–H and O–H groups in total. The molecule has 2 atom stereocenters. The number of esters is 1. The molecule has 0 saturated carbocycles. The largest absolute Gasteiger partial charge is 0.460 e. The minimum absolute atomic E-state index is 0.128. The van der Waals surface area contributed by atoms with Gasteiger partial charge >= 0.3 is 12.1 Å². The van der Waals surface area contributed by atoms with E-state index < -0.39 is 35.5 Å². The highest BCUT2D eigenvalue weighted by molar-refractivity contribution is 5.96. The number of hydrogen-bond donors (Lipinski definition) is 0. The smallest absolute Gasteiger partial charge is 0.416 e. The Balaban J connectivity index is 1.68. The van der Waals surface area contributed by atoms with Crippen molar-refractivity contribution in [1.82, 2.24) is 4.90 Å². The van der Waals surface area contributed by atoms with Crippen LogP contribution in [0.1, 0.15) is 44.7 Å². The number of hydrogen-bond acceptors (Lipinski definition) is 6. The van der Waals surface area contributed by atoms with Gasteiger partial charge in [0.25, 0.3) is 0 Å². The first kappa shape index (κ1) is 25.4. The molecule has 2 aromatic carbocycles. The van der Waals surface area contributed by atoms with Crippen molar-refractivity contribution in [1.29, 1.82) is 0 Å². The fourth-order valence-corrected chi connectivity index (χ4v) is 3.85. The molecule has 0 spiro atoms. The predicted octanol–water partition coefficient (Wildman–Crippen LogP) is 4.53. The Labute approximate surface area is 201 Å². The first-order valence-corrected chi connectivity index (χ1v) is 11.6. The molecule has 0 radical (unpaired) electrons. The van der Waals surface area contributed by atoms with Gasteiger partial charge in [0, 0.05) is 6.61 Å². The van der Waals surface area contributed by atoms with E-state index in [9.17, 15) is 14.4 Å². The first-order valence-electron chi connectivity index (χ1n) is 11.6. The number of carbonyl (C=O) groups excluding carboxylic acids is 3. The Morgan fingerprint density at radius 1 is 1.03 bits per heavy atom. The Hall–Kier alpha value is -3.19. The van der Waals surface area contributed by atoms with Gasteiger partial charge in [0.05, 0.1) is 25.0 Å². The van der Waals surface area contributed by atoms with Crippen molar-refractivity contribution in [3.63, 3.8) is 0 Å². The predicted molar refractivity (Wildman–Crippen MR) is 127 cm³/mol. The standard InChI is InChI=1S/C27H33NO6/c1-27(2,3)34-24(29)17-22(14-15-32-18-21-12-8-5-9-13-21)25(30)28-23(19-33-26(28)31)16-20-10-6-4-7-11-20/h4-13,22-23H,14-19H2,1-3H3/t22?,23-/m0/s1. The fraction of sp³-hybridized carbons (Fsp3) is 0.444. The van der Waals surface area contributed by atoms with Gasteiger partial charge in [0.2, 0.25) is 5.91 Å². The van der Waals surface area contributed by atoms with Crippen LogP contribution < -0.4 is 0 Å². The molecule has 1 aliphatic heterocycles. The van der Waals surface area contributed by atoms with Gasteiger partial charge in [-0.3, -0.25) is 9.59 Å². The monoisotopic (exact) mass is 467 g/mol. The highest BCUT2D eigenvalue weighted by atomic mass is 16.6.